The molecule has 0 atom stereocenters. The van der Waals surface area contributed by atoms with Gasteiger partial charge in [-0.25, -0.2) is 8.42 Å². The molecule has 0 aromatic heterocycles. The fourth-order valence-electron chi connectivity index (χ4n) is 1.44. The Morgan fingerprint density at radius 2 is 1.87 bits per heavy atom. The van der Waals surface area contributed by atoms with Crippen LogP contribution in [0.25, 0.3) is 0 Å². The summed E-state index contributed by atoms with van der Waals surface area (Å²) in [6, 6.07) is 0.0472. The minimum atomic E-state index is -3.08. The number of unbranched alkanes of at least 4 members (excludes halogenated alkanes) is 1. The SMILES string of the molecule is CCCN(C(C)C)S(=O)(=O)CCCCCl. The summed E-state index contributed by atoms with van der Waals surface area (Å²) in [4.78, 5) is 0. The highest BCUT2D eigenvalue weighted by Gasteiger charge is 2.23. The highest BCUT2D eigenvalue weighted by atomic mass is 35.5. The van der Waals surface area contributed by atoms with Crippen molar-refractivity contribution in [3.63, 3.8) is 0 Å². The van der Waals surface area contributed by atoms with Crippen LogP contribution in [0.2, 0.25) is 0 Å². The Morgan fingerprint density at radius 3 is 2.27 bits per heavy atom. The van der Waals surface area contributed by atoms with Gasteiger partial charge in [-0.3, -0.25) is 0 Å². The molecule has 0 aliphatic carbocycles. The molecule has 0 spiro atoms. The monoisotopic (exact) mass is 255 g/mol. The highest BCUT2D eigenvalue weighted by Crippen LogP contribution is 2.10. The van der Waals surface area contributed by atoms with E-state index < -0.39 is 10.0 Å². The van der Waals surface area contributed by atoms with Crippen molar-refractivity contribution in [3.8, 4) is 0 Å². The fourth-order valence-corrected chi connectivity index (χ4v) is 3.53. The second kappa shape index (κ2) is 7.47. The van der Waals surface area contributed by atoms with E-state index in [1.165, 1.54) is 0 Å². The van der Waals surface area contributed by atoms with Crippen molar-refractivity contribution in [1.82, 2.24) is 4.31 Å². The molecule has 0 heterocycles. The van der Waals surface area contributed by atoms with Gasteiger partial charge in [-0.2, -0.15) is 4.31 Å². The van der Waals surface area contributed by atoms with Crippen LogP contribution in [-0.4, -0.2) is 36.9 Å². The molecule has 0 aromatic carbocycles. The molecule has 15 heavy (non-hydrogen) atoms. The minimum absolute atomic E-state index is 0.0472. The summed E-state index contributed by atoms with van der Waals surface area (Å²) >= 11 is 5.53. The molecule has 0 aliphatic heterocycles. The zero-order valence-corrected chi connectivity index (χ0v) is 11.4. The van der Waals surface area contributed by atoms with E-state index in [4.69, 9.17) is 11.6 Å². The summed E-state index contributed by atoms with van der Waals surface area (Å²) < 4.78 is 25.4. The van der Waals surface area contributed by atoms with Crippen molar-refractivity contribution < 1.29 is 8.42 Å². The third-order valence-corrected chi connectivity index (χ3v) is 4.55. The third-order valence-electron chi connectivity index (χ3n) is 2.16. The zero-order valence-electron chi connectivity index (χ0n) is 9.87. The lowest BCUT2D eigenvalue weighted by Gasteiger charge is -2.25. The van der Waals surface area contributed by atoms with Gasteiger partial charge < -0.3 is 0 Å². The number of nitrogens with zero attached hydrogens (tertiary/aromatic N) is 1. The molecule has 0 saturated carbocycles. The standard InChI is InChI=1S/C10H22ClNO2S/c1-4-8-12(10(2)3)15(13,14)9-6-5-7-11/h10H,4-9H2,1-3H3. The number of rotatable bonds is 8. The van der Waals surface area contributed by atoms with Crippen LogP contribution in [0.3, 0.4) is 0 Å². The lowest BCUT2D eigenvalue weighted by molar-refractivity contribution is 0.353. The van der Waals surface area contributed by atoms with Crippen LogP contribution in [-0.2, 0) is 10.0 Å². The van der Waals surface area contributed by atoms with Gasteiger partial charge in [0.1, 0.15) is 0 Å². The molecule has 92 valence electrons. The second-order valence-electron chi connectivity index (χ2n) is 3.92. The van der Waals surface area contributed by atoms with Crippen molar-refractivity contribution in [3.05, 3.63) is 0 Å². The van der Waals surface area contributed by atoms with Gasteiger partial charge in [-0.15, -0.1) is 11.6 Å². The highest BCUT2D eigenvalue weighted by molar-refractivity contribution is 7.89. The van der Waals surface area contributed by atoms with Crippen LogP contribution >= 0.6 is 11.6 Å². The Morgan fingerprint density at radius 1 is 1.27 bits per heavy atom. The van der Waals surface area contributed by atoms with Crippen LogP contribution in [0.5, 0.6) is 0 Å². The van der Waals surface area contributed by atoms with Crippen molar-refractivity contribution in [2.24, 2.45) is 0 Å². The molecule has 0 radical (unpaired) electrons. The Balaban J connectivity index is 4.37. The van der Waals surface area contributed by atoms with Crippen molar-refractivity contribution in [1.29, 1.82) is 0 Å². The first-order valence-electron chi connectivity index (χ1n) is 5.51. The maximum atomic E-state index is 11.9. The predicted molar refractivity (Wildman–Crippen MR) is 65.9 cm³/mol. The minimum Gasteiger partial charge on any atom is -0.212 e. The van der Waals surface area contributed by atoms with Gasteiger partial charge in [-0.1, -0.05) is 6.92 Å². The van der Waals surface area contributed by atoms with E-state index in [1.807, 2.05) is 20.8 Å². The lowest BCUT2D eigenvalue weighted by Crippen LogP contribution is -2.39. The van der Waals surface area contributed by atoms with Crippen molar-refractivity contribution in [2.75, 3.05) is 18.2 Å². The Hall–Kier alpha value is 0.200. The van der Waals surface area contributed by atoms with E-state index in [2.05, 4.69) is 0 Å². The normalized spacial score (nSPS) is 12.7. The largest absolute Gasteiger partial charge is 0.214 e. The third kappa shape index (κ3) is 5.73. The van der Waals surface area contributed by atoms with Gasteiger partial charge in [0.15, 0.2) is 0 Å². The molecule has 0 unspecified atom stereocenters. The molecule has 0 aliphatic rings. The van der Waals surface area contributed by atoms with Crippen molar-refractivity contribution in [2.45, 2.75) is 46.1 Å². The zero-order chi connectivity index (χ0) is 11.9. The summed E-state index contributed by atoms with van der Waals surface area (Å²) in [6.45, 7) is 6.42. The van der Waals surface area contributed by atoms with Gasteiger partial charge in [0, 0.05) is 18.5 Å². The summed E-state index contributed by atoms with van der Waals surface area (Å²) in [6.07, 6.45) is 2.27. The van der Waals surface area contributed by atoms with Gasteiger partial charge >= 0.3 is 0 Å². The van der Waals surface area contributed by atoms with Crippen LogP contribution < -0.4 is 0 Å². The Kier molecular flexibility index (Phi) is 7.57. The summed E-state index contributed by atoms with van der Waals surface area (Å²) in [5.74, 6) is 0.753. The number of sulfonamides is 1. The summed E-state index contributed by atoms with van der Waals surface area (Å²) in [7, 11) is -3.08. The molecular weight excluding hydrogens is 234 g/mol. The van der Waals surface area contributed by atoms with E-state index in [9.17, 15) is 8.42 Å². The van der Waals surface area contributed by atoms with Crippen molar-refractivity contribution >= 4 is 21.6 Å². The molecule has 5 heteroatoms. The first kappa shape index (κ1) is 15.2. The first-order chi connectivity index (χ1) is 6.95. The van der Waals surface area contributed by atoms with E-state index in [-0.39, 0.29) is 11.8 Å². The van der Waals surface area contributed by atoms with Gasteiger partial charge in [0.25, 0.3) is 0 Å². The molecule has 0 fully saturated rings. The molecule has 0 saturated heterocycles. The topological polar surface area (TPSA) is 37.4 Å². The number of hydrogen-bond donors (Lipinski definition) is 0. The molecule has 0 bridgehead atoms. The quantitative estimate of drug-likeness (QED) is 0.494. The smallest absolute Gasteiger partial charge is 0.212 e. The lowest BCUT2D eigenvalue weighted by atomic mass is 10.4. The second-order valence-corrected chi connectivity index (χ2v) is 6.34. The number of hydrogen-bond acceptors (Lipinski definition) is 2. The number of alkyl halides is 1. The van der Waals surface area contributed by atoms with Gasteiger partial charge in [0.2, 0.25) is 10.0 Å². The molecular formula is C10H22ClNO2S. The van der Waals surface area contributed by atoms with E-state index in [1.54, 1.807) is 4.31 Å². The summed E-state index contributed by atoms with van der Waals surface area (Å²) in [5.41, 5.74) is 0. The predicted octanol–water partition coefficient (Wildman–Crippen LogP) is 2.46. The van der Waals surface area contributed by atoms with Crippen LogP contribution in [0.15, 0.2) is 0 Å². The van der Waals surface area contributed by atoms with Crippen LogP contribution in [0, 0.1) is 0 Å². The average Bonchev–Trinajstić information content (AvgIpc) is 2.13. The maximum Gasteiger partial charge on any atom is 0.214 e. The van der Waals surface area contributed by atoms with E-state index >= 15 is 0 Å². The number of halogens is 1. The molecule has 0 amide bonds. The maximum absolute atomic E-state index is 11.9. The molecule has 0 rings (SSSR count). The first-order valence-corrected chi connectivity index (χ1v) is 7.65. The van der Waals surface area contributed by atoms with Gasteiger partial charge in [-0.05, 0) is 33.1 Å². The van der Waals surface area contributed by atoms with E-state index in [0.717, 1.165) is 12.8 Å². The van der Waals surface area contributed by atoms with Crippen LogP contribution in [0.1, 0.15) is 40.0 Å². The Bertz CT molecular complexity index is 252. The summed E-state index contributed by atoms with van der Waals surface area (Å²) in [5, 5.41) is 0. The van der Waals surface area contributed by atoms with E-state index in [0.29, 0.717) is 18.8 Å². The van der Waals surface area contributed by atoms with Gasteiger partial charge in [0.05, 0.1) is 5.75 Å². The molecule has 0 aromatic rings. The Labute approximate surface area is 98.8 Å². The average molecular weight is 256 g/mol. The molecule has 3 nitrogen and oxygen atoms in total. The van der Waals surface area contributed by atoms with Crippen LogP contribution in [0.4, 0.5) is 0 Å². The fraction of sp³-hybridized carbons (Fsp3) is 1.00. The molecule has 0 N–H and O–H groups in total.